The summed E-state index contributed by atoms with van der Waals surface area (Å²) in [5.74, 6) is 3.06. The van der Waals surface area contributed by atoms with E-state index in [9.17, 15) is 0 Å². The first kappa shape index (κ1) is 13.7. The molecule has 102 valence electrons. The monoisotopic (exact) mass is 249 g/mol. The number of aryl methyl sites for hydroxylation is 1. The molecule has 1 aliphatic carbocycles. The second-order valence-electron chi connectivity index (χ2n) is 5.84. The molecule has 0 aliphatic heterocycles. The standard InChI is InChI=1S/C16H27NO/c1-4-5-14-7-9-15(10-8-14)17-13(3)16-11-6-12(2)18-16/h6,11,13-15,17H,4-5,7-10H2,1-3H3. The van der Waals surface area contributed by atoms with Crippen LogP contribution in [0.4, 0.5) is 0 Å². The van der Waals surface area contributed by atoms with Crippen LogP contribution in [0.1, 0.15) is 69.9 Å². The van der Waals surface area contributed by atoms with Crippen LogP contribution in [-0.4, -0.2) is 6.04 Å². The quantitative estimate of drug-likeness (QED) is 0.825. The first-order valence-corrected chi connectivity index (χ1v) is 7.51. The maximum atomic E-state index is 5.68. The molecule has 2 nitrogen and oxygen atoms in total. The van der Waals surface area contributed by atoms with E-state index in [0.29, 0.717) is 12.1 Å². The summed E-state index contributed by atoms with van der Waals surface area (Å²) in [6, 6.07) is 5.16. The van der Waals surface area contributed by atoms with E-state index in [4.69, 9.17) is 4.42 Å². The van der Waals surface area contributed by atoms with Crippen LogP contribution in [0.25, 0.3) is 0 Å². The van der Waals surface area contributed by atoms with Gasteiger partial charge in [0.1, 0.15) is 11.5 Å². The van der Waals surface area contributed by atoms with Crippen LogP contribution < -0.4 is 5.32 Å². The number of rotatable bonds is 5. The van der Waals surface area contributed by atoms with Crippen molar-refractivity contribution in [2.75, 3.05) is 0 Å². The maximum Gasteiger partial charge on any atom is 0.120 e. The van der Waals surface area contributed by atoms with E-state index >= 15 is 0 Å². The van der Waals surface area contributed by atoms with Gasteiger partial charge in [0.05, 0.1) is 6.04 Å². The topological polar surface area (TPSA) is 25.2 Å². The van der Waals surface area contributed by atoms with Crippen LogP contribution in [0.15, 0.2) is 16.5 Å². The Balaban J connectivity index is 1.77. The van der Waals surface area contributed by atoms with Crippen molar-refractivity contribution >= 4 is 0 Å². The Labute approximate surface area is 111 Å². The van der Waals surface area contributed by atoms with Crippen molar-refractivity contribution in [3.05, 3.63) is 23.7 Å². The number of hydrogen-bond donors (Lipinski definition) is 1. The summed E-state index contributed by atoms with van der Waals surface area (Å²) in [7, 11) is 0. The fourth-order valence-electron chi connectivity index (χ4n) is 3.15. The van der Waals surface area contributed by atoms with Crippen molar-refractivity contribution in [1.82, 2.24) is 5.32 Å². The van der Waals surface area contributed by atoms with Gasteiger partial charge in [-0.05, 0) is 57.6 Å². The Kier molecular flexibility index (Phi) is 4.87. The number of nitrogens with one attached hydrogen (secondary N) is 1. The van der Waals surface area contributed by atoms with Crippen molar-refractivity contribution in [3.63, 3.8) is 0 Å². The maximum absolute atomic E-state index is 5.68. The molecule has 1 N–H and O–H groups in total. The van der Waals surface area contributed by atoms with Crippen LogP contribution >= 0.6 is 0 Å². The van der Waals surface area contributed by atoms with Gasteiger partial charge in [-0.25, -0.2) is 0 Å². The summed E-state index contributed by atoms with van der Waals surface area (Å²) in [5, 5.41) is 3.72. The third-order valence-electron chi connectivity index (χ3n) is 4.22. The molecule has 0 radical (unpaired) electrons. The van der Waals surface area contributed by atoms with Crippen LogP contribution in [0.5, 0.6) is 0 Å². The molecule has 0 bridgehead atoms. The highest BCUT2D eigenvalue weighted by molar-refractivity contribution is 5.09. The summed E-state index contributed by atoms with van der Waals surface area (Å²) in [6.07, 6.45) is 8.21. The molecule has 0 saturated heterocycles. The average molecular weight is 249 g/mol. The van der Waals surface area contributed by atoms with Gasteiger partial charge in [0, 0.05) is 6.04 Å². The molecular formula is C16H27NO. The van der Waals surface area contributed by atoms with E-state index < -0.39 is 0 Å². The highest BCUT2D eigenvalue weighted by atomic mass is 16.3. The van der Waals surface area contributed by atoms with Gasteiger partial charge in [-0.2, -0.15) is 0 Å². The first-order chi connectivity index (χ1) is 8.69. The highest BCUT2D eigenvalue weighted by Gasteiger charge is 2.22. The van der Waals surface area contributed by atoms with Gasteiger partial charge in [0.15, 0.2) is 0 Å². The zero-order chi connectivity index (χ0) is 13.0. The van der Waals surface area contributed by atoms with Gasteiger partial charge in [0.25, 0.3) is 0 Å². The van der Waals surface area contributed by atoms with E-state index in [-0.39, 0.29) is 0 Å². The molecule has 18 heavy (non-hydrogen) atoms. The van der Waals surface area contributed by atoms with E-state index in [2.05, 4.69) is 25.2 Å². The molecule has 0 spiro atoms. The van der Waals surface area contributed by atoms with Crippen LogP contribution in [0, 0.1) is 12.8 Å². The highest BCUT2D eigenvalue weighted by Crippen LogP contribution is 2.29. The van der Waals surface area contributed by atoms with Gasteiger partial charge in [0.2, 0.25) is 0 Å². The van der Waals surface area contributed by atoms with Crippen LogP contribution in [0.2, 0.25) is 0 Å². The molecule has 0 aromatic carbocycles. The molecule has 1 unspecified atom stereocenters. The molecule has 1 aromatic rings. The van der Waals surface area contributed by atoms with Crippen LogP contribution in [0.3, 0.4) is 0 Å². The minimum Gasteiger partial charge on any atom is -0.465 e. The van der Waals surface area contributed by atoms with E-state index in [1.807, 2.05) is 13.0 Å². The van der Waals surface area contributed by atoms with E-state index in [0.717, 1.165) is 17.4 Å². The Morgan fingerprint density at radius 3 is 2.56 bits per heavy atom. The fraction of sp³-hybridized carbons (Fsp3) is 0.750. The number of furan rings is 1. The Morgan fingerprint density at radius 2 is 2.00 bits per heavy atom. The Hall–Kier alpha value is -0.760. The minimum absolute atomic E-state index is 0.339. The van der Waals surface area contributed by atoms with Crippen LogP contribution in [-0.2, 0) is 0 Å². The van der Waals surface area contributed by atoms with Crippen molar-refractivity contribution < 1.29 is 4.42 Å². The molecular weight excluding hydrogens is 222 g/mol. The van der Waals surface area contributed by atoms with E-state index in [1.54, 1.807) is 0 Å². The van der Waals surface area contributed by atoms with Gasteiger partial charge in [-0.15, -0.1) is 0 Å². The molecule has 0 amide bonds. The largest absolute Gasteiger partial charge is 0.465 e. The summed E-state index contributed by atoms with van der Waals surface area (Å²) in [5.41, 5.74) is 0. The summed E-state index contributed by atoms with van der Waals surface area (Å²) in [4.78, 5) is 0. The zero-order valence-electron chi connectivity index (χ0n) is 12.0. The molecule has 1 heterocycles. The summed E-state index contributed by atoms with van der Waals surface area (Å²) in [6.45, 7) is 6.51. The lowest BCUT2D eigenvalue weighted by molar-refractivity contribution is 0.258. The smallest absolute Gasteiger partial charge is 0.120 e. The molecule has 1 aliphatic rings. The fourth-order valence-corrected chi connectivity index (χ4v) is 3.15. The van der Waals surface area contributed by atoms with Crippen molar-refractivity contribution in [3.8, 4) is 0 Å². The molecule has 2 rings (SSSR count). The minimum atomic E-state index is 0.339. The first-order valence-electron chi connectivity index (χ1n) is 7.51. The van der Waals surface area contributed by atoms with Gasteiger partial charge in [-0.1, -0.05) is 19.8 Å². The van der Waals surface area contributed by atoms with Crippen molar-refractivity contribution in [2.45, 2.75) is 71.4 Å². The predicted octanol–water partition coefficient (Wildman–Crippen LogP) is 4.60. The van der Waals surface area contributed by atoms with E-state index in [1.165, 1.54) is 38.5 Å². The Morgan fingerprint density at radius 1 is 1.28 bits per heavy atom. The van der Waals surface area contributed by atoms with Gasteiger partial charge < -0.3 is 9.73 Å². The normalized spacial score (nSPS) is 26.2. The second-order valence-corrected chi connectivity index (χ2v) is 5.84. The predicted molar refractivity (Wildman–Crippen MR) is 75.6 cm³/mol. The molecule has 1 aromatic heterocycles. The number of hydrogen-bond acceptors (Lipinski definition) is 2. The molecule has 2 heteroatoms. The van der Waals surface area contributed by atoms with Gasteiger partial charge >= 0.3 is 0 Å². The summed E-state index contributed by atoms with van der Waals surface area (Å²) < 4.78 is 5.68. The molecule has 1 fully saturated rings. The van der Waals surface area contributed by atoms with Gasteiger partial charge in [-0.3, -0.25) is 0 Å². The SMILES string of the molecule is CCCC1CCC(NC(C)c2ccc(C)o2)CC1. The lowest BCUT2D eigenvalue weighted by Crippen LogP contribution is -2.34. The average Bonchev–Trinajstić information content (AvgIpc) is 2.79. The Bertz CT molecular complexity index is 350. The third kappa shape index (κ3) is 3.61. The zero-order valence-corrected chi connectivity index (χ0v) is 12.0. The third-order valence-corrected chi connectivity index (χ3v) is 4.22. The van der Waals surface area contributed by atoms with Crippen molar-refractivity contribution in [1.29, 1.82) is 0 Å². The summed E-state index contributed by atoms with van der Waals surface area (Å²) >= 11 is 0. The molecule has 1 saturated carbocycles. The second kappa shape index (κ2) is 6.42. The molecule has 1 atom stereocenters. The van der Waals surface area contributed by atoms with Crippen molar-refractivity contribution in [2.24, 2.45) is 5.92 Å². The lowest BCUT2D eigenvalue weighted by atomic mass is 9.83. The lowest BCUT2D eigenvalue weighted by Gasteiger charge is -2.30.